The number of thiazole rings is 2. The number of aromatic nitrogens is 2. The third-order valence-electron chi connectivity index (χ3n) is 8.18. The Hall–Kier alpha value is -4.33. The largest absolute Gasteiger partial charge is 0.444 e. The summed E-state index contributed by atoms with van der Waals surface area (Å²) in [4.78, 5) is 52.0. The van der Waals surface area contributed by atoms with Gasteiger partial charge in [0.15, 0.2) is 0 Å². The van der Waals surface area contributed by atoms with Crippen molar-refractivity contribution in [3.8, 4) is 0 Å². The Labute approximate surface area is 302 Å². The first-order chi connectivity index (χ1) is 24.0. The lowest BCUT2D eigenvalue weighted by atomic mass is 9.93. The summed E-state index contributed by atoms with van der Waals surface area (Å²) in [6.45, 7) is 8.34. The molecule has 4 atom stereocenters. The van der Waals surface area contributed by atoms with Crippen LogP contribution in [0.3, 0.4) is 0 Å². The van der Waals surface area contributed by atoms with Crippen molar-refractivity contribution in [3.63, 3.8) is 0 Å². The highest BCUT2D eigenvalue weighted by Crippen LogP contribution is 2.23. The fourth-order valence-electron chi connectivity index (χ4n) is 5.35. The molecule has 0 fully saturated rings. The predicted octanol–water partition coefficient (Wildman–Crippen LogP) is 5.91. The second-order valence-corrected chi connectivity index (χ2v) is 15.1. The number of carbonyl (C=O) groups is 3. The Balaban J connectivity index is 1.46. The van der Waals surface area contributed by atoms with Crippen molar-refractivity contribution in [3.05, 3.63) is 104 Å². The SMILES string of the molecule is CC(C)c1cnc(CN(C)C(=O)N[C@H](C(=O)N[C@@H](Cc2ccccc2)C[C@@H](O)[C@H](Cc2ccccc2)NC(=O)OCc2cncs2)C(C)C)s1. The number of ether oxygens (including phenoxy) is 1. The summed E-state index contributed by atoms with van der Waals surface area (Å²) in [7, 11) is 1.68. The van der Waals surface area contributed by atoms with E-state index in [1.54, 1.807) is 30.1 Å². The lowest BCUT2D eigenvalue weighted by Crippen LogP contribution is -2.55. The van der Waals surface area contributed by atoms with Gasteiger partial charge >= 0.3 is 12.1 Å². The molecule has 268 valence electrons. The molecule has 11 nitrogen and oxygen atoms in total. The van der Waals surface area contributed by atoms with Crippen molar-refractivity contribution in [2.75, 3.05) is 7.05 Å². The van der Waals surface area contributed by atoms with Crippen LogP contribution >= 0.6 is 22.7 Å². The minimum absolute atomic E-state index is 0.0671. The van der Waals surface area contributed by atoms with E-state index >= 15 is 0 Å². The van der Waals surface area contributed by atoms with Crippen molar-refractivity contribution < 1.29 is 24.2 Å². The highest BCUT2D eigenvalue weighted by atomic mass is 32.1. The van der Waals surface area contributed by atoms with Gasteiger partial charge in [-0.2, -0.15) is 0 Å². The smallest absolute Gasteiger partial charge is 0.407 e. The standard InChI is InChI=1S/C37H48N6O5S2/c1-24(2)32-20-39-33(50-32)21-43(5)36(46)42-34(25(3)4)35(45)40-28(16-26-12-8-6-9-13-26)18-31(44)30(17-27-14-10-7-11-15-27)41-37(47)48-22-29-19-38-23-49-29/h6-15,19-20,23-25,28,30-31,34,44H,16-18,21-22H2,1-5H3,(H,40,45)(H,41,47)(H,42,46)/t28-,30-,31+,34-/m0/s1. The van der Waals surface area contributed by atoms with Gasteiger partial charge in [-0.05, 0) is 42.2 Å². The van der Waals surface area contributed by atoms with E-state index in [0.29, 0.717) is 25.3 Å². The average Bonchev–Trinajstić information content (AvgIpc) is 3.79. The highest BCUT2D eigenvalue weighted by Gasteiger charge is 2.31. The van der Waals surface area contributed by atoms with E-state index in [-0.39, 0.29) is 30.9 Å². The fraction of sp³-hybridized carbons (Fsp3) is 0.432. The summed E-state index contributed by atoms with van der Waals surface area (Å²) in [5.74, 6) is -0.227. The Bertz CT molecular complexity index is 1620. The van der Waals surface area contributed by atoms with E-state index < -0.39 is 30.3 Å². The third kappa shape index (κ3) is 12.2. The normalized spacial score (nSPS) is 13.7. The molecule has 0 aliphatic carbocycles. The molecule has 0 unspecified atom stereocenters. The van der Waals surface area contributed by atoms with Gasteiger partial charge in [-0.15, -0.1) is 22.7 Å². The van der Waals surface area contributed by atoms with Crippen molar-refractivity contribution in [2.24, 2.45) is 5.92 Å². The third-order valence-corrected chi connectivity index (χ3v) is 10.2. The molecule has 0 aliphatic rings. The van der Waals surface area contributed by atoms with E-state index in [9.17, 15) is 19.5 Å². The molecule has 13 heteroatoms. The van der Waals surface area contributed by atoms with Gasteiger partial charge in [0.25, 0.3) is 0 Å². The summed E-state index contributed by atoms with van der Waals surface area (Å²) in [6.07, 6.45) is 2.68. The number of hydrogen-bond donors (Lipinski definition) is 4. The molecule has 0 saturated carbocycles. The minimum Gasteiger partial charge on any atom is -0.444 e. The molecular weight excluding hydrogens is 673 g/mol. The van der Waals surface area contributed by atoms with Gasteiger partial charge in [0, 0.05) is 30.4 Å². The summed E-state index contributed by atoms with van der Waals surface area (Å²) in [5.41, 5.74) is 3.56. The van der Waals surface area contributed by atoms with E-state index in [4.69, 9.17) is 4.74 Å². The number of hydrogen-bond acceptors (Lipinski definition) is 9. The molecule has 0 saturated heterocycles. The maximum Gasteiger partial charge on any atom is 0.407 e. The summed E-state index contributed by atoms with van der Waals surface area (Å²) >= 11 is 2.95. The second-order valence-electron chi connectivity index (χ2n) is 13.0. The Kier molecular flexibility index (Phi) is 14.7. The molecule has 4 rings (SSSR count). The van der Waals surface area contributed by atoms with E-state index in [1.807, 2.05) is 80.7 Å². The van der Waals surface area contributed by atoms with Crippen LogP contribution in [0.5, 0.6) is 0 Å². The van der Waals surface area contributed by atoms with Crippen molar-refractivity contribution in [2.45, 2.75) is 90.3 Å². The molecule has 2 heterocycles. The molecule has 0 radical (unpaired) electrons. The molecule has 2 aromatic heterocycles. The number of nitrogens with one attached hydrogen (secondary N) is 3. The first-order valence-corrected chi connectivity index (χ1v) is 18.5. The number of rotatable bonds is 17. The van der Waals surface area contributed by atoms with Crippen molar-refractivity contribution >= 4 is 40.7 Å². The highest BCUT2D eigenvalue weighted by molar-refractivity contribution is 7.11. The molecule has 0 aliphatic heterocycles. The number of aliphatic hydroxyl groups excluding tert-OH is 1. The fourth-order valence-corrected chi connectivity index (χ4v) is 6.83. The predicted molar refractivity (Wildman–Crippen MR) is 197 cm³/mol. The topological polar surface area (TPSA) is 146 Å². The minimum atomic E-state index is -1.05. The van der Waals surface area contributed by atoms with Crippen LogP contribution in [-0.4, -0.2) is 69.3 Å². The van der Waals surface area contributed by atoms with Gasteiger partial charge in [-0.25, -0.2) is 14.6 Å². The first-order valence-electron chi connectivity index (χ1n) is 16.8. The summed E-state index contributed by atoms with van der Waals surface area (Å²) in [6, 6.07) is 16.8. The van der Waals surface area contributed by atoms with Gasteiger partial charge in [-0.1, -0.05) is 88.4 Å². The zero-order valence-corrected chi connectivity index (χ0v) is 30.9. The molecule has 4 aromatic rings. The van der Waals surface area contributed by atoms with Crippen molar-refractivity contribution in [1.29, 1.82) is 0 Å². The van der Waals surface area contributed by atoms with Gasteiger partial charge in [0.1, 0.15) is 17.7 Å². The van der Waals surface area contributed by atoms with Crippen LogP contribution in [0.1, 0.15) is 65.9 Å². The summed E-state index contributed by atoms with van der Waals surface area (Å²) < 4.78 is 5.43. The van der Waals surface area contributed by atoms with Crippen LogP contribution < -0.4 is 16.0 Å². The monoisotopic (exact) mass is 720 g/mol. The Morgan fingerprint density at radius 2 is 1.56 bits per heavy atom. The molecule has 0 spiro atoms. The van der Waals surface area contributed by atoms with Crippen LogP contribution in [0.25, 0.3) is 0 Å². The van der Waals surface area contributed by atoms with E-state index in [1.165, 1.54) is 16.2 Å². The average molecular weight is 721 g/mol. The molecule has 4 amide bonds. The number of benzene rings is 2. The number of nitrogens with zero attached hydrogens (tertiary/aromatic N) is 3. The van der Waals surface area contributed by atoms with Gasteiger partial charge in [0.2, 0.25) is 5.91 Å². The van der Waals surface area contributed by atoms with Crippen LogP contribution in [0.4, 0.5) is 9.59 Å². The molecule has 0 bridgehead atoms. The lowest BCUT2D eigenvalue weighted by molar-refractivity contribution is -0.124. The second kappa shape index (κ2) is 19.2. The maximum absolute atomic E-state index is 13.9. The van der Waals surface area contributed by atoms with E-state index in [2.05, 4.69) is 39.8 Å². The summed E-state index contributed by atoms with van der Waals surface area (Å²) in [5, 5.41) is 21.4. The Morgan fingerprint density at radius 3 is 2.14 bits per heavy atom. The van der Waals surface area contributed by atoms with Crippen LogP contribution in [-0.2, 0) is 35.5 Å². The van der Waals surface area contributed by atoms with Gasteiger partial charge in [-0.3, -0.25) is 9.78 Å². The zero-order chi connectivity index (χ0) is 36.0. The lowest BCUT2D eigenvalue weighted by Gasteiger charge is -2.30. The van der Waals surface area contributed by atoms with Crippen LogP contribution in [0.15, 0.2) is 78.6 Å². The molecule has 4 N–H and O–H groups in total. The molecule has 50 heavy (non-hydrogen) atoms. The Morgan fingerprint density at radius 1 is 0.900 bits per heavy atom. The number of carbonyl (C=O) groups excluding carboxylic acids is 3. The number of amides is 4. The maximum atomic E-state index is 13.9. The van der Waals surface area contributed by atoms with Crippen molar-refractivity contribution in [1.82, 2.24) is 30.8 Å². The molecule has 2 aromatic carbocycles. The van der Waals surface area contributed by atoms with Gasteiger partial charge in [0.05, 0.1) is 29.1 Å². The van der Waals surface area contributed by atoms with Crippen LogP contribution in [0.2, 0.25) is 0 Å². The quantitative estimate of drug-likeness (QED) is 0.106. The number of alkyl carbamates (subject to hydrolysis) is 1. The van der Waals surface area contributed by atoms with Crippen LogP contribution in [0, 0.1) is 5.92 Å². The van der Waals surface area contributed by atoms with Gasteiger partial charge < -0.3 is 30.7 Å². The number of urea groups is 1. The zero-order valence-electron chi connectivity index (χ0n) is 29.2. The van der Waals surface area contributed by atoms with E-state index in [0.717, 1.165) is 25.9 Å². The first kappa shape index (κ1) is 38.5. The number of aliphatic hydroxyl groups is 1. The molecular formula is C37H48N6O5S2.